The van der Waals surface area contributed by atoms with Crippen LogP contribution in [0.1, 0.15) is 37.2 Å². The Morgan fingerprint density at radius 2 is 2.14 bits per heavy atom. The molecule has 22 heavy (non-hydrogen) atoms. The first kappa shape index (κ1) is 14.7. The summed E-state index contributed by atoms with van der Waals surface area (Å²) in [5, 5.41) is 12.3. The number of carbonyl (C=O) groups is 1. The molecule has 1 aliphatic heterocycles. The highest BCUT2D eigenvalue weighted by molar-refractivity contribution is 5.78. The van der Waals surface area contributed by atoms with Gasteiger partial charge in [0.2, 0.25) is 5.91 Å². The average molecular weight is 302 g/mol. The number of aryl methyl sites for hydroxylation is 2. The Balaban J connectivity index is 1.56. The summed E-state index contributed by atoms with van der Waals surface area (Å²) in [7, 11) is 1.90. The molecule has 0 atom stereocenters. The van der Waals surface area contributed by atoms with Crippen molar-refractivity contribution in [1.82, 2.24) is 29.7 Å². The van der Waals surface area contributed by atoms with Crippen molar-refractivity contribution in [3.05, 3.63) is 29.8 Å². The third-order valence-electron chi connectivity index (χ3n) is 4.35. The molecule has 0 spiro atoms. The minimum Gasteiger partial charge on any atom is -0.342 e. The Labute approximate surface area is 129 Å². The minimum absolute atomic E-state index is 0.183. The van der Waals surface area contributed by atoms with Crippen molar-refractivity contribution in [2.45, 2.75) is 38.6 Å². The largest absolute Gasteiger partial charge is 0.342 e. The van der Waals surface area contributed by atoms with Crippen LogP contribution in [-0.2, 0) is 24.7 Å². The maximum Gasteiger partial charge on any atom is 0.228 e. The molecule has 0 radical (unpaired) electrons. The molecule has 0 aromatic carbocycles. The zero-order valence-electron chi connectivity index (χ0n) is 13.1. The van der Waals surface area contributed by atoms with E-state index in [1.54, 1.807) is 6.20 Å². The maximum atomic E-state index is 12.5. The SMILES string of the molecule is CCc1cc(CC(=O)N2CCC(n3ccnn3)CC2)n(C)n1. The predicted molar refractivity (Wildman–Crippen MR) is 81.2 cm³/mol. The molecule has 2 aromatic rings. The summed E-state index contributed by atoms with van der Waals surface area (Å²) in [5.41, 5.74) is 2.02. The molecule has 1 aliphatic rings. The first-order valence-corrected chi connectivity index (χ1v) is 7.82. The zero-order valence-corrected chi connectivity index (χ0v) is 13.1. The summed E-state index contributed by atoms with van der Waals surface area (Å²) in [6, 6.07) is 2.38. The highest BCUT2D eigenvalue weighted by Crippen LogP contribution is 2.21. The number of amides is 1. The quantitative estimate of drug-likeness (QED) is 0.844. The fraction of sp³-hybridized carbons (Fsp3) is 0.600. The molecule has 0 N–H and O–H groups in total. The van der Waals surface area contributed by atoms with Gasteiger partial charge in [0.15, 0.2) is 0 Å². The summed E-state index contributed by atoms with van der Waals surface area (Å²) in [6.07, 6.45) is 6.78. The van der Waals surface area contributed by atoms with Gasteiger partial charge in [0.05, 0.1) is 24.4 Å². The average Bonchev–Trinajstić information content (AvgIpc) is 3.18. The fourth-order valence-corrected chi connectivity index (χ4v) is 2.97. The van der Waals surface area contributed by atoms with E-state index in [2.05, 4.69) is 22.3 Å². The van der Waals surface area contributed by atoms with Crippen LogP contribution >= 0.6 is 0 Å². The Kier molecular flexibility index (Phi) is 4.22. The second-order valence-electron chi connectivity index (χ2n) is 5.78. The van der Waals surface area contributed by atoms with Gasteiger partial charge in [-0.2, -0.15) is 5.10 Å². The van der Waals surface area contributed by atoms with Crippen LogP contribution in [0.4, 0.5) is 0 Å². The van der Waals surface area contributed by atoms with Crippen LogP contribution in [-0.4, -0.2) is 48.7 Å². The number of piperidine rings is 1. The van der Waals surface area contributed by atoms with Crippen LogP contribution < -0.4 is 0 Å². The molecule has 1 amide bonds. The van der Waals surface area contributed by atoms with E-state index >= 15 is 0 Å². The number of hydrogen-bond acceptors (Lipinski definition) is 4. The van der Waals surface area contributed by atoms with Gasteiger partial charge < -0.3 is 4.90 Å². The second kappa shape index (κ2) is 6.29. The summed E-state index contributed by atoms with van der Waals surface area (Å²) in [5.74, 6) is 0.183. The molecule has 3 heterocycles. The second-order valence-corrected chi connectivity index (χ2v) is 5.78. The Morgan fingerprint density at radius 3 is 2.73 bits per heavy atom. The summed E-state index contributed by atoms with van der Waals surface area (Å²) in [6.45, 7) is 3.63. The predicted octanol–water partition coefficient (Wildman–Crippen LogP) is 0.980. The van der Waals surface area contributed by atoms with Crippen LogP contribution in [0.5, 0.6) is 0 Å². The van der Waals surface area contributed by atoms with Gasteiger partial charge in [-0.3, -0.25) is 9.48 Å². The van der Waals surface area contributed by atoms with Gasteiger partial charge in [-0.05, 0) is 25.3 Å². The number of likely N-dealkylation sites (tertiary alicyclic amines) is 1. The van der Waals surface area contributed by atoms with Crippen molar-refractivity contribution in [2.24, 2.45) is 7.05 Å². The smallest absolute Gasteiger partial charge is 0.228 e. The van der Waals surface area contributed by atoms with Gasteiger partial charge in [0, 0.05) is 32.0 Å². The Morgan fingerprint density at radius 1 is 1.36 bits per heavy atom. The van der Waals surface area contributed by atoms with Gasteiger partial charge in [-0.15, -0.1) is 5.10 Å². The lowest BCUT2D eigenvalue weighted by atomic mass is 10.0. The number of nitrogens with zero attached hydrogens (tertiary/aromatic N) is 6. The number of aromatic nitrogens is 5. The van der Waals surface area contributed by atoms with Gasteiger partial charge in [-0.25, -0.2) is 4.68 Å². The van der Waals surface area contributed by atoms with Crippen molar-refractivity contribution in [1.29, 1.82) is 0 Å². The van der Waals surface area contributed by atoms with E-state index in [0.29, 0.717) is 12.5 Å². The molecule has 0 aliphatic carbocycles. The van der Waals surface area contributed by atoms with Crippen LogP contribution in [0.3, 0.4) is 0 Å². The van der Waals surface area contributed by atoms with Crippen molar-refractivity contribution in [2.75, 3.05) is 13.1 Å². The lowest BCUT2D eigenvalue weighted by molar-refractivity contribution is -0.131. The number of rotatable bonds is 4. The third kappa shape index (κ3) is 3.03. The molecule has 0 unspecified atom stereocenters. The van der Waals surface area contributed by atoms with Gasteiger partial charge in [0.1, 0.15) is 0 Å². The minimum atomic E-state index is 0.183. The van der Waals surface area contributed by atoms with E-state index in [-0.39, 0.29) is 5.91 Å². The maximum absolute atomic E-state index is 12.5. The lowest BCUT2D eigenvalue weighted by Crippen LogP contribution is -2.40. The van der Waals surface area contributed by atoms with E-state index < -0.39 is 0 Å². The molecular formula is C15H22N6O. The standard InChI is InChI=1S/C15H22N6O/c1-3-12-10-14(19(2)17-12)11-15(22)20-7-4-13(5-8-20)21-9-6-16-18-21/h6,9-10,13H,3-5,7-8,11H2,1-2H3. The monoisotopic (exact) mass is 302 g/mol. The molecule has 3 rings (SSSR count). The zero-order chi connectivity index (χ0) is 15.5. The van der Waals surface area contributed by atoms with Crippen molar-refractivity contribution >= 4 is 5.91 Å². The van der Waals surface area contributed by atoms with Gasteiger partial charge in [-0.1, -0.05) is 12.1 Å². The fourth-order valence-electron chi connectivity index (χ4n) is 2.97. The first-order valence-electron chi connectivity index (χ1n) is 7.82. The molecular weight excluding hydrogens is 280 g/mol. The highest BCUT2D eigenvalue weighted by Gasteiger charge is 2.24. The van der Waals surface area contributed by atoms with Crippen LogP contribution in [0.25, 0.3) is 0 Å². The molecule has 7 nitrogen and oxygen atoms in total. The van der Waals surface area contributed by atoms with E-state index in [4.69, 9.17) is 0 Å². The number of hydrogen-bond donors (Lipinski definition) is 0. The molecule has 1 fully saturated rings. The Bertz CT molecular complexity index is 625. The van der Waals surface area contributed by atoms with Crippen LogP contribution in [0, 0.1) is 0 Å². The lowest BCUT2D eigenvalue weighted by Gasteiger charge is -2.31. The van der Waals surface area contributed by atoms with E-state index in [1.807, 2.05) is 33.6 Å². The van der Waals surface area contributed by atoms with Crippen LogP contribution in [0.15, 0.2) is 18.5 Å². The summed E-state index contributed by atoms with van der Waals surface area (Å²) < 4.78 is 3.72. The molecule has 118 valence electrons. The first-order chi connectivity index (χ1) is 10.7. The van der Waals surface area contributed by atoms with Crippen molar-refractivity contribution in [3.63, 3.8) is 0 Å². The summed E-state index contributed by atoms with van der Waals surface area (Å²) >= 11 is 0. The third-order valence-corrected chi connectivity index (χ3v) is 4.35. The van der Waals surface area contributed by atoms with E-state index in [0.717, 1.165) is 43.7 Å². The van der Waals surface area contributed by atoms with Gasteiger partial charge >= 0.3 is 0 Å². The molecule has 2 aromatic heterocycles. The van der Waals surface area contributed by atoms with Crippen molar-refractivity contribution in [3.8, 4) is 0 Å². The molecule has 0 bridgehead atoms. The van der Waals surface area contributed by atoms with E-state index in [9.17, 15) is 4.79 Å². The number of carbonyl (C=O) groups excluding carboxylic acids is 1. The Hall–Kier alpha value is -2.18. The normalized spacial score (nSPS) is 16.2. The van der Waals surface area contributed by atoms with E-state index in [1.165, 1.54) is 0 Å². The van der Waals surface area contributed by atoms with Crippen LogP contribution in [0.2, 0.25) is 0 Å². The summed E-state index contributed by atoms with van der Waals surface area (Å²) in [4.78, 5) is 14.4. The molecule has 1 saturated heterocycles. The van der Waals surface area contributed by atoms with Crippen molar-refractivity contribution < 1.29 is 4.79 Å². The molecule has 7 heteroatoms. The highest BCUT2D eigenvalue weighted by atomic mass is 16.2. The topological polar surface area (TPSA) is 68.8 Å². The van der Waals surface area contributed by atoms with Gasteiger partial charge in [0.25, 0.3) is 0 Å². The molecule has 0 saturated carbocycles.